The van der Waals surface area contributed by atoms with Gasteiger partial charge in [-0.15, -0.1) is 0 Å². The Labute approximate surface area is 144 Å². The van der Waals surface area contributed by atoms with Crippen molar-refractivity contribution in [1.29, 1.82) is 0 Å². The van der Waals surface area contributed by atoms with Crippen LogP contribution in [0.3, 0.4) is 0 Å². The summed E-state index contributed by atoms with van der Waals surface area (Å²) in [4.78, 5) is 32.0. The van der Waals surface area contributed by atoms with Gasteiger partial charge >= 0.3 is 0 Å². The summed E-state index contributed by atoms with van der Waals surface area (Å²) < 4.78 is 5.41. The molecule has 0 radical (unpaired) electrons. The topological polar surface area (TPSA) is 53.1 Å². The van der Waals surface area contributed by atoms with Crippen LogP contribution in [0.2, 0.25) is 0 Å². The van der Waals surface area contributed by atoms with Crippen LogP contribution in [0.1, 0.15) is 19.3 Å². The van der Waals surface area contributed by atoms with Crippen molar-refractivity contribution < 1.29 is 14.3 Å². The fraction of sp³-hybridized carbons (Fsp3) is 0.889. The Morgan fingerprint density at radius 1 is 1.25 bits per heavy atom. The lowest BCUT2D eigenvalue weighted by Crippen LogP contribution is -2.51. The fourth-order valence-corrected chi connectivity index (χ4v) is 4.94. The number of amides is 2. The van der Waals surface area contributed by atoms with Gasteiger partial charge in [-0.1, -0.05) is 0 Å². The second kappa shape index (κ2) is 5.99. The summed E-state index contributed by atoms with van der Waals surface area (Å²) in [6.07, 6.45) is 2.80. The van der Waals surface area contributed by atoms with E-state index in [0.29, 0.717) is 18.4 Å². The van der Waals surface area contributed by atoms with E-state index in [1.54, 1.807) is 0 Å². The molecule has 0 bridgehead atoms. The number of likely N-dealkylation sites (tertiary alicyclic amines) is 2. The van der Waals surface area contributed by atoms with Gasteiger partial charge in [0.25, 0.3) is 0 Å². The van der Waals surface area contributed by atoms with E-state index in [1.165, 1.54) is 0 Å². The molecule has 3 aliphatic heterocycles. The van der Waals surface area contributed by atoms with E-state index >= 15 is 0 Å². The smallest absolute Gasteiger partial charge is 0.230 e. The first-order valence-corrected chi connectivity index (χ1v) is 9.32. The van der Waals surface area contributed by atoms with Crippen LogP contribution in [0.4, 0.5) is 0 Å². The lowest BCUT2D eigenvalue weighted by molar-refractivity contribution is -0.144. The van der Waals surface area contributed by atoms with Crippen molar-refractivity contribution in [3.05, 3.63) is 0 Å². The third-order valence-electron chi connectivity index (χ3n) is 6.54. The first kappa shape index (κ1) is 16.3. The second-order valence-electron chi connectivity index (χ2n) is 8.38. The monoisotopic (exact) mass is 335 g/mol. The van der Waals surface area contributed by atoms with Gasteiger partial charge in [-0.2, -0.15) is 0 Å². The van der Waals surface area contributed by atoms with Crippen LogP contribution in [0.25, 0.3) is 0 Å². The molecule has 6 nitrogen and oxygen atoms in total. The molecule has 1 saturated carbocycles. The molecule has 24 heavy (non-hydrogen) atoms. The lowest BCUT2D eigenvalue weighted by Gasteiger charge is -2.39. The molecule has 6 heteroatoms. The zero-order valence-corrected chi connectivity index (χ0v) is 14.9. The zero-order chi connectivity index (χ0) is 16.9. The Kier molecular flexibility index (Phi) is 4.07. The maximum absolute atomic E-state index is 13.0. The predicted molar refractivity (Wildman–Crippen MR) is 89.3 cm³/mol. The summed E-state index contributed by atoms with van der Waals surface area (Å²) in [5, 5.41) is 0. The second-order valence-corrected chi connectivity index (χ2v) is 8.38. The van der Waals surface area contributed by atoms with Crippen LogP contribution in [0, 0.1) is 23.2 Å². The maximum Gasteiger partial charge on any atom is 0.230 e. The molecular weight excluding hydrogens is 306 g/mol. The molecule has 4 rings (SSSR count). The van der Waals surface area contributed by atoms with Crippen LogP contribution < -0.4 is 0 Å². The van der Waals surface area contributed by atoms with E-state index in [9.17, 15) is 9.59 Å². The Balaban J connectivity index is 1.39. The Morgan fingerprint density at radius 2 is 2.00 bits per heavy atom. The van der Waals surface area contributed by atoms with Crippen molar-refractivity contribution >= 4 is 11.8 Å². The highest BCUT2D eigenvalue weighted by molar-refractivity contribution is 5.87. The van der Waals surface area contributed by atoms with E-state index in [1.807, 2.05) is 23.9 Å². The number of nitrogens with zero attached hydrogens (tertiary/aromatic N) is 3. The molecule has 3 heterocycles. The molecule has 4 atom stereocenters. The fourth-order valence-electron chi connectivity index (χ4n) is 4.94. The number of likely N-dealkylation sites (N-methyl/N-ethyl adjacent to an activating group) is 1. The first-order valence-electron chi connectivity index (χ1n) is 9.32. The van der Waals surface area contributed by atoms with E-state index in [-0.39, 0.29) is 23.1 Å². The molecule has 0 aromatic rings. The number of piperidine rings is 1. The van der Waals surface area contributed by atoms with Gasteiger partial charge in [-0.05, 0) is 45.2 Å². The normalized spacial score (nSPS) is 38.3. The van der Waals surface area contributed by atoms with Gasteiger partial charge in [0.1, 0.15) is 0 Å². The van der Waals surface area contributed by atoms with Crippen molar-refractivity contribution in [3.8, 4) is 0 Å². The zero-order valence-electron chi connectivity index (χ0n) is 14.9. The van der Waals surface area contributed by atoms with Crippen molar-refractivity contribution in [3.63, 3.8) is 0 Å². The molecule has 2 unspecified atom stereocenters. The molecule has 3 saturated heterocycles. The van der Waals surface area contributed by atoms with Crippen molar-refractivity contribution in [2.24, 2.45) is 23.2 Å². The summed E-state index contributed by atoms with van der Waals surface area (Å²) in [5.41, 5.74) is -0.305. The highest BCUT2D eigenvalue weighted by atomic mass is 16.5. The molecule has 134 valence electrons. The first-order chi connectivity index (χ1) is 11.5. The lowest BCUT2D eigenvalue weighted by atomic mass is 9.78. The SMILES string of the molecule is CN(C)CCN1CCC2(CCCN(C(=O)C3[C@H]4COC[C@@H]34)C2)C1=O. The predicted octanol–water partition coefficient (Wildman–Crippen LogP) is 0.282. The van der Waals surface area contributed by atoms with Gasteiger partial charge in [0.05, 0.1) is 18.6 Å². The number of fused-ring (bicyclic) bond motifs is 1. The number of carbonyl (C=O) groups excluding carboxylic acids is 2. The molecule has 0 aromatic carbocycles. The number of ether oxygens (including phenoxy) is 1. The molecule has 2 amide bonds. The van der Waals surface area contributed by atoms with Gasteiger partial charge < -0.3 is 19.4 Å². The average Bonchev–Trinajstić information content (AvgIpc) is 2.89. The Hall–Kier alpha value is -1.14. The van der Waals surface area contributed by atoms with Crippen molar-refractivity contribution in [2.45, 2.75) is 19.3 Å². The van der Waals surface area contributed by atoms with Gasteiger partial charge in [0.2, 0.25) is 11.8 Å². The van der Waals surface area contributed by atoms with Gasteiger partial charge in [0.15, 0.2) is 0 Å². The van der Waals surface area contributed by atoms with Crippen LogP contribution in [-0.4, -0.2) is 86.5 Å². The molecule has 1 spiro atoms. The van der Waals surface area contributed by atoms with Gasteiger partial charge in [-0.3, -0.25) is 9.59 Å². The van der Waals surface area contributed by atoms with E-state index in [4.69, 9.17) is 4.74 Å². The van der Waals surface area contributed by atoms with Crippen LogP contribution in [0.5, 0.6) is 0 Å². The van der Waals surface area contributed by atoms with Crippen LogP contribution in [-0.2, 0) is 14.3 Å². The van der Waals surface area contributed by atoms with Gasteiger partial charge in [-0.25, -0.2) is 0 Å². The van der Waals surface area contributed by atoms with Crippen molar-refractivity contribution in [1.82, 2.24) is 14.7 Å². The minimum atomic E-state index is -0.305. The molecule has 0 aromatic heterocycles. The number of rotatable bonds is 4. The van der Waals surface area contributed by atoms with E-state index < -0.39 is 0 Å². The Morgan fingerprint density at radius 3 is 2.71 bits per heavy atom. The minimum Gasteiger partial charge on any atom is -0.381 e. The third kappa shape index (κ3) is 2.64. The van der Waals surface area contributed by atoms with Crippen LogP contribution >= 0.6 is 0 Å². The number of hydrogen-bond acceptors (Lipinski definition) is 4. The minimum absolute atomic E-state index is 0.176. The van der Waals surface area contributed by atoms with Crippen molar-refractivity contribution in [2.75, 3.05) is 60.0 Å². The molecule has 0 N–H and O–H groups in total. The third-order valence-corrected chi connectivity index (χ3v) is 6.54. The standard InChI is InChI=1S/C18H29N3O3/c1-19(2)8-9-20-7-5-18(17(20)23)4-3-6-21(12-18)16(22)15-13-10-24-11-14(13)15/h13-15H,3-12H2,1-2H3/t13-,14+,15?,18?. The maximum atomic E-state index is 13.0. The quantitative estimate of drug-likeness (QED) is 0.741. The highest BCUT2D eigenvalue weighted by Gasteiger charge is 2.60. The van der Waals surface area contributed by atoms with E-state index in [0.717, 1.165) is 58.7 Å². The Bertz CT molecular complexity index is 528. The average molecular weight is 335 g/mol. The molecule has 4 aliphatic rings. The summed E-state index contributed by atoms with van der Waals surface area (Å²) in [6, 6.07) is 0. The molecular formula is C18H29N3O3. The van der Waals surface area contributed by atoms with Crippen LogP contribution in [0.15, 0.2) is 0 Å². The number of carbonyl (C=O) groups is 2. The van der Waals surface area contributed by atoms with Gasteiger partial charge in [0, 0.05) is 38.6 Å². The van der Waals surface area contributed by atoms with E-state index in [2.05, 4.69) is 4.90 Å². The number of hydrogen-bond donors (Lipinski definition) is 0. The largest absolute Gasteiger partial charge is 0.381 e. The summed E-state index contributed by atoms with van der Waals surface area (Å²) in [7, 11) is 4.07. The highest BCUT2D eigenvalue weighted by Crippen LogP contribution is 2.52. The summed E-state index contributed by atoms with van der Waals surface area (Å²) >= 11 is 0. The molecule has 4 fully saturated rings. The summed E-state index contributed by atoms with van der Waals surface area (Å²) in [6.45, 7) is 5.50. The summed E-state index contributed by atoms with van der Waals surface area (Å²) in [5.74, 6) is 1.64. The molecule has 1 aliphatic carbocycles.